The summed E-state index contributed by atoms with van der Waals surface area (Å²) >= 11 is 0. The first-order valence-electron chi connectivity index (χ1n) is 8.83. The number of anilines is 2. The molecule has 140 valence electrons. The maximum Gasteiger partial charge on any atom is 0.269 e. The highest BCUT2D eigenvalue weighted by Crippen LogP contribution is 2.19. The highest BCUT2D eigenvalue weighted by molar-refractivity contribution is 5.92. The molecule has 6 heteroatoms. The molecule has 3 aromatic rings. The first-order chi connectivity index (χ1) is 13.7. The van der Waals surface area contributed by atoms with Gasteiger partial charge in [0.05, 0.1) is 30.2 Å². The third-order valence-corrected chi connectivity index (χ3v) is 4.18. The molecule has 0 radical (unpaired) electrons. The lowest BCUT2D eigenvalue weighted by atomic mass is 10.1. The van der Waals surface area contributed by atoms with Crippen LogP contribution >= 0.6 is 0 Å². The summed E-state index contributed by atoms with van der Waals surface area (Å²) in [7, 11) is 1.63. The fourth-order valence-corrected chi connectivity index (χ4v) is 2.65. The van der Waals surface area contributed by atoms with Crippen LogP contribution in [0.2, 0.25) is 0 Å². The lowest BCUT2D eigenvalue weighted by Gasteiger charge is -2.09. The molecule has 3 rings (SSSR count). The molecule has 0 aliphatic heterocycles. The van der Waals surface area contributed by atoms with Gasteiger partial charge in [0.2, 0.25) is 0 Å². The van der Waals surface area contributed by atoms with Crippen molar-refractivity contribution in [2.24, 2.45) is 0 Å². The Kier molecular flexibility index (Phi) is 6.21. The van der Waals surface area contributed by atoms with Crippen LogP contribution in [0.5, 0.6) is 5.75 Å². The number of nitrogens with zero attached hydrogens (tertiary/aromatic N) is 2. The molecule has 2 aromatic carbocycles. The van der Waals surface area contributed by atoms with E-state index in [0.717, 1.165) is 17.7 Å². The molecular weight excluding hydrogens is 352 g/mol. The Hall–Kier alpha value is -3.85. The molecule has 1 aromatic heterocycles. The first-order valence-corrected chi connectivity index (χ1v) is 8.83. The quantitative estimate of drug-likeness (QED) is 0.661. The summed E-state index contributed by atoms with van der Waals surface area (Å²) in [6.45, 7) is 0.516. The van der Waals surface area contributed by atoms with Crippen LogP contribution in [0.4, 0.5) is 11.4 Å². The molecule has 2 N–H and O–H groups in total. The molecule has 0 fully saturated rings. The summed E-state index contributed by atoms with van der Waals surface area (Å²) in [4.78, 5) is 16.5. The fraction of sp³-hybridized carbons (Fsp3) is 0.136. The zero-order valence-electron chi connectivity index (χ0n) is 15.5. The molecule has 0 aliphatic rings. The highest BCUT2D eigenvalue weighted by atomic mass is 16.5. The largest absolute Gasteiger partial charge is 0.497 e. The third kappa shape index (κ3) is 4.86. The van der Waals surface area contributed by atoms with Crippen LogP contribution < -0.4 is 15.4 Å². The van der Waals surface area contributed by atoms with Crippen molar-refractivity contribution in [1.29, 1.82) is 5.26 Å². The van der Waals surface area contributed by atoms with Gasteiger partial charge in [0.1, 0.15) is 17.5 Å². The van der Waals surface area contributed by atoms with Gasteiger partial charge in [-0.1, -0.05) is 24.3 Å². The van der Waals surface area contributed by atoms with Gasteiger partial charge in [-0.3, -0.25) is 4.79 Å². The Morgan fingerprint density at radius 2 is 1.89 bits per heavy atom. The van der Waals surface area contributed by atoms with Gasteiger partial charge in [0, 0.05) is 6.54 Å². The summed E-state index contributed by atoms with van der Waals surface area (Å²) in [5.74, 6) is 0.584. The summed E-state index contributed by atoms with van der Waals surface area (Å²) in [6, 6.07) is 20.5. The van der Waals surface area contributed by atoms with E-state index < -0.39 is 0 Å². The van der Waals surface area contributed by atoms with E-state index in [1.807, 2.05) is 36.4 Å². The van der Waals surface area contributed by atoms with Crippen molar-refractivity contribution in [3.63, 3.8) is 0 Å². The second-order valence-corrected chi connectivity index (χ2v) is 6.07. The number of carbonyl (C=O) groups is 1. The second-order valence-electron chi connectivity index (χ2n) is 6.07. The Labute approximate surface area is 163 Å². The Bertz CT molecular complexity index is 977. The predicted molar refractivity (Wildman–Crippen MR) is 108 cm³/mol. The molecule has 6 nitrogen and oxygen atoms in total. The number of hydrogen-bond acceptors (Lipinski definition) is 5. The number of nitrogens with one attached hydrogen (secondary N) is 2. The molecule has 0 bridgehead atoms. The molecule has 1 heterocycles. The van der Waals surface area contributed by atoms with Crippen LogP contribution in [-0.2, 0) is 6.42 Å². The lowest BCUT2D eigenvalue weighted by Crippen LogP contribution is -2.26. The van der Waals surface area contributed by atoms with E-state index in [2.05, 4.69) is 21.7 Å². The molecule has 0 spiro atoms. The number of para-hydroxylation sites is 1. The molecule has 1 amide bonds. The first kappa shape index (κ1) is 18.9. The molecular formula is C22H20N4O2. The maximum atomic E-state index is 12.2. The van der Waals surface area contributed by atoms with Crippen LogP contribution in [-0.4, -0.2) is 24.5 Å². The van der Waals surface area contributed by atoms with Crippen LogP contribution in [0.1, 0.15) is 21.6 Å². The Morgan fingerprint density at radius 3 is 2.57 bits per heavy atom. The Balaban J connectivity index is 1.54. The van der Waals surface area contributed by atoms with Gasteiger partial charge >= 0.3 is 0 Å². The number of nitriles is 1. The maximum absolute atomic E-state index is 12.2. The monoisotopic (exact) mass is 372 g/mol. The molecule has 28 heavy (non-hydrogen) atoms. The summed E-state index contributed by atoms with van der Waals surface area (Å²) in [6.07, 6.45) is 2.30. The van der Waals surface area contributed by atoms with Gasteiger partial charge in [-0.05, 0) is 48.4 Å². The minimum Gasteiger partial charge on any atom is -0.497 e. The zero-order chi connectivity index (χ0) is 19.8. The zero-order valence-corrected chi connectivity index (χ0v) is 15.5. The van der Waals surface area contributed by atoms with Crippen LogP contribution in [0.25, 0.3) is 0 Å². The van der Waals surface area contributed by atoms with E-state index in [1.54, 1.807) is 37.6 Å². The van der Waals surface area contributed by atoms with Gasteiger partial charge in [0.25, 0.3) is 5.91 Å². The molecule has 0 aliphatic carbocycles. The molecule has 0 atom stereocenters. The van der Waals surface area contributed by atoms with Crippen LogP contribution in [0.3, 0.4) is 0 Å². The van der Waals surface area contributed by atoms with E-state index in [4.69, 9.17) is 10.00 Å². The van der Waals surface area contributed by atoms with Crippen molar-refractivity contribution in [2.75, 3.05) is 19.0 Å². The minimum absolute atomic E-state index is 0.225. The number of amides is 1. The SMILES string of the molecule is COc1ccc(CCNC(=O)c2ccc(Nc3ccccc3C#N)cn2)cc1. The predicted octanol–water partition coefficient (Wildman–Crippen LogP) is 3.68. The normalized spacial score (nSPS) is 10.0. The van der Waals surface area contributed by atoms with Crippen molar-refractivity contribution in [2.45, 2.75) is 6.42 Å². The minimum atomic E-state index is -0.225. The van der Waals surface area contributed by atoms with Crippen molar-refractivity contribution < 1.29 is 9.53 Å². The second kappa shape index (κ2) is 9.19. The van der Waals surface area contributed by atoms with Crippen LogP contribution in [0, 0.1) is 11.3 Å². The summed E-state index contributed by atoms with van der Waals surface area (Å²) < 4.78 is 5.13. The van der Waals surface area contributed by atoms with E-state index in [0.29, 0.717) is 29.2 Å². The number of rotatable bonds is 7. The smallest absolute Gasteiger partial charge is 0.269 e. The molecule has 0 saturated carbocycles. The van der Waals surface area contributed by atoms with E-state index >= 15 is 0 Å². The summed E-state index contributed by atoms with van der Waals surface area (Å²) in [5, 5.41) is 15.1. The topological polar surface area (TPSA) is 87.0 Å². The summed E-state index contributed by atoms with van der Waals surface area (Å²) in [5.41, 5.74) is 3.41. The molecule has 0 saturated heterocycles. The number of carbonyl (C=O) groups excluding carboxylic acids is 1. The van der Waals surface area contributed by atoms with E-state index in [-0.39, 0.29) is 5.91 Å². The number of benzene rings is 2. The number of aromatic nitrogens is 1. The average Bonchev–Trinajstić information content (AvgIpc) is 2.75. The number of methoxy groups -OCH3 is 1. The third-order valence-electron chi connectivity index (χ3n) is 4.18. The van der Waals surface area contributed by atoms with Gasteiger partial charge in [-0.15, -0.1) is 0 Å². The van der Waals surface area contributed by atoms with Gasteiger partial charge in [-0.25, -0.2) is 4.98 Å². The molecule has 0 unspecified atom stereocenters. The van der Waals surface area contributed by atoms with E-state index in [9.17, 15) is 4.79 Å². The lowest BCUT2D eigenvalue weighted by molar-refractivity contribution is 0.0949. The van der Waals surface area contributed by atoms with Crippen LogP contribution in [0.15, 0.2) is 66.9 Å². The van der Waals surface area contributed by atoms with Gasteiger partial charge in [0.15, 0.2) is 0 Å². The van der Waals surface area contributed by atoms with Crippen molar-refractivity contribution in [1.82, 2.24) is 10.3 Å². The van der Waals surface area contributed by atoms with Crippen molar-refractivity contribution in [3.8, 4) is 11.8 Å². The van der Waals surface area contributed by atoms with Gasteiger partial charge < -0.3 is 15.4 Å². The number of ether oxygens (including phenoxy) is 1. The number of pyridine rings is 1. The number of hydrogen-bond donors (Lipinski definition) is 2. The Morgan fingerprint density at radius 1 is 1.11 bits per heavy atom. The highest BCUT2D eigenvalue weighted by Gasteiger charge is 2.07. The average molecular weight is 372 g/mol. The van der Waals surface area contributed by atoms with Gasteiger partial charge in [-0.2, -0.15) is 5.26 Å². The van der Waals surface area contributed by atoms with Crippen molar-refractivity contribution >= 4 is 17.3 Å². The van der Waals surface area contributed by atoms with E-state index in [1.165, 1.54) is 0 Å². The van der Waals surface area contributed by atoms with Crippen molar-refractivity contribution in [3.05, 3.63) is 83.7 Å². The standard InChI is InChI=1S/C22H20N4O2/c1-28-19-9-6-16(7-10-19)12-13-24-22(27)21-11-8-18(15-25-21)26-20-5-3-2-4-17(20)14-23/h2-11,15,26H,12-13H2,1H3,(H,24,27). The fourth-order valence-electron chi connectivity index (χ4n) is 2.65.